The number of methoxy groups -OCH3 is 1. The molecule has 1 N–H and O–H groups in total. The number of morpholine rings is 1. The lowest BCUT2D eigenvalue weighted by molar-refractivity contribution is -0.140. The predicted octanol–water partition coefficient (Wildman–Crippen LogP) is 2.70. The lowest BCUT2D eigenvalue weighted by Gasteiger charge is -2.30. The fourth-order valence-corrected chi connectivity index (χ4v) is 4.15. The molecule has 0 bridgehead atoms. The first-order chi connectivity index (χ1) is 15.0. The van der Waals surface area contributed by atoms with Crippen LogP contribution in [0.5, 0.6) is 5.75 Å². The Kier molecular flexibility index (Phi) is 6.31. The topological polar surface area (TPSA) is 92.5 Å². The Labute approximate surface area is 184 Å². The summed E-state index contributed by atoms with van der Waals surface area (Å²) in [5.74, 6) is -0.893. The van der Waals surface area contributed by atoms with E-state index in [1.54, 1.807) is 24.3 Å². The lowest BCUT2D eigenvalue weighted by atomic mass is 9.99. The molecule has 31 heavy (non-hydrogen) atoms. The highest BCUT2D eigenvalue weighted by Crippen LogP contribution is 2.40. The van der Waals surface area contributed by atoms with Crippen LogP contribution in [0.3, 0.4) is 0 Å². The van der Waals surface area contributed by atoms with Crippen LogP contribution in [0.15, 0.2) is 46.6 Å². The maximum Gasteiger partial charge on any atom is 0.295 e. The zero-order valence-electron chi connectivity index (χ0n) is 17.0. The third-order valence-corrected chi connectivity index (χ3v) is 5.83. The van der Waals surface area contributed by atoms with Crippen molar-refractivity contribution in [2.45, 2.75) is 6.04 Å². The van der Waals surface area contributed by atoms with Gasteiger partial charge in [-0.1, -0.05) is 11.6 Å². The van der Waals surface area contributed by atoms with Crippen molar-refractivity contribution in [3.05, 3.63) is 58.5 Å². The van der Waals surface area contributed by atoms with Gasteiger partial charge in [0.2, 0.25) is 0 Å². The monoisotopic (exact) mass is 446 g/mol. The molecule has 1 atom stereocenters. The average Bonchev–Trinajstić information content (AvgIpc) is 3.40. The van der Waals surface area contributed by atoms with Crippen molar-refractivity contribution in [2.75, 3.05) is 46.5 Å². The summed E-state index contributed by atoms with van der Waals surface area (Å²) in [6.45, 7) is 3.70. The van der Waals surface area contributed by atoms with E-state index in [2.05, 4.69) is 4.90 Å². The van der Waals surface area contributed by atoms with Crippen molar-refractivity contribution in [1.29, 1.82) is 0 Å². The van der Waals surface area contributed by atoms with Crippen LogP contribution < -0.4 is 4.74 Å². The first-order valence-corrected chi connectivity index (χ1v) is 10.3. The quantitative estimate of drug-likeness (QED) is 0.414. The summed E-state index contributed by atoms with van der Waals surface area (Å²) in [5, 5.41) is 11.3. The molecule has 0 saturated carbocycles. The molecule has 2 fully saturated rings. The second kappa shape index (κ2) is 9.13. The van der Waals surface area contributed by atoms with Gasteiger partial charge in [0.1, 0.15) is 23.3 Å². The number of ketones is 1. The van der Waals surface area contributed by atoms with E-state index in [0.717, 1.165) is 13.1 Å². The van der Waals surface area contributed by atoms with E-state index < -0.39 is 17.7 Å². The number of halogens is 1. The molecule has 0 aliphatic carbocycles. The number of carbonyl (C=O) groups excluding carboxylic acids is 2. The third kappa shape index (κ3) is 4.19. The van der Waals surface area contributed by atoms with E-state index in [1.807, 2.05) is 0 Å². The van der Waals surface area contributed by atoms with Gasteiger partial charge < -0.3 is 23.9 Å². The van der Waals surface area contributed by atoms with E-state index in [1.165, 1.54) is 24.3 Å². The van der Waals surface area contributed by atoms with E-state index in [0.29, 0.717) is 43.4 Å². The molecule has 0 unspecified atom stereocenters. The minimum Gasteiger partial charge on any atom is -0.507 e. The fourth-order valence-electron chi connectivity index (χ4n) is 3.90. The second-order valence-electron chi connectivity index (χ2n) is 7.31. The van der Waals surface area contributed by atoms with Gasteiger partial charge in [-0.2, -0.15) is 0 Å². The molecule has 1 aromatic heterocycles. The average molecular weight is 447 g/mol. The molecule has 2 saturated heterocycles. The van der Waals surface area contributed by atoms with Crippen LogP contribution in [0, 0.1) is 0 Å². The molecule has 0 radical (unpaired) electrons. The van der Waals surface area contributed by atoms with E-state index in [9.17, 15) is 14.7 Å². The van der Waals surface area contributed by atoms with Crippen molar-refractivity contribution >= 4 is 29.1 Å². The predicted molar refractivity (Wildman–Crippen MR) is 113 cm³/mol. The maximum absolute atomic E-state index is 13.0. The van der Waals surface area contributed by atoms with Gasteiger partial charge in [0.25, 0.3) is 11.7 Å². The van der Waals surface area contributed by atoms with E-state index in [4.69, 9.17) is 25.5 Å². The van der Waals surface area contributed by atoms with Crippen LogP contribution in [-0.4, -0.2) is 73.1 Å². The van der Waals surface area contributed by atoms with Gasteiger partial charge in [-0.15, -0.1) is 0 Å². The number of ether oxygens (including phenoxy) is 2. The summed E-state index contributed by atoms with van der Waals surface area (Å²) in [5.41, 5.74) is 0.289. The normalized spacial score (nSPS) is 21.6. The standard InChI is InChI=1S/C22H23ClN2O6/c1-29-16-5-4-14(13-15(16)23)20(26)18-19(17-3-2-10-31-17)25(22(28)21(18)27)7-6-24-8-11-30-12-9-24/h2-5,10,13,19,26H,6-9,11-12H2,1H3/t19-/m1/s1. The zero-order chi connectivity index (χ0) is 22.0. The number of amides is 1. The number of rotatable bonds is 6. The first-order valence-electron chi connectivity index (χ1n) is 9.97. The minimum atomic E-state index is -0.822. The molecule has 2 aliphatic heterocycles. The van der Waals surface area contributed by atoms with Crippen LogP contribution in [0.1, 0.15) is 17.4 Å². The Morgan fingerprint density at radius 3 is 2.65 bits per heavy atom. The Bertz CT molecular complexity index is 997. The number of aliphatic hydroxyl groups excluding tert-OH is 1. The van der Waals surface area contributed by atoms with Gasteiger partial charge in [0.05, 0.1) is 37.2 Å². The number of nitrogens with zero attached hydrogens (tertiary/aromatic N) is 2. The number of benzene rings is 1. The van der Waals surface area contributed by atoms with Gasteiger partial charge in [0.15, 0.2) is 0 Å². The van der Waals surface area contributed by atoms with Crippen LogP contribution in [0.2, 0.25) is 5.02 Å². The van der Waals surface area contributed by atoms with Crippen molar-refractivity contribution in [1.82, 2.24) is 9.80 Å². The Hall–Kier alpha value is -2.81. The number of carbonyl (C=O) groups is 2. The smallest absolute Gasteiger partial charge is 0.295 e. The molecule has 1 amide bonds. The molecule has 2 aliphatic rings. The van der Waals surface area contributed by atoms with Gasteiger partial charge in [-0.05, 0) is 30.3 Å². The summed E-state index contributed by atoms with van der Waals surface area (Å²) < 4.78 is 16.0. The summed E-state index contributed by atoms with van der Waals surface area (Å²) >= 11 is 6.19. The third-order valence-electron chi connectivity index (χ3n) is 5.54. The SMILES string of the molecule is COc1ccc(C(O)=C2C(=O)C(=O)N(CCN3CCOCC3)[C@@H]2c2ccco2)cc1Cl. The lowest BCUT2D eigenvalue weighted by Crippen LogP contribution is -2.42. The van der Waals surface area contributed by atoms with Crippen molar-refractivity contribution in [2.24, 2.45) is 0 Å². The molecule has 164 valence electrons. The Morgan fingerprint density at radius 2 is 2.00 bits per heavy atom. The maximum atomic E-state index is 13.0. The van der Waals surface area contributed by atoms with Crippen LogP contribution in [0.4, 0.5) is 0 Å². The number of likely N-dealkylation sites (tertiary alicyclic amines) is 1. The van der Waals surface area contributed by atoms with Gasteiger partial charge in [-0.25, -0.2) is 0 Å². The molecule has 1 aromatic carbocycles. The van der Waals surface area contributed by atoms with Crippen molar-refractivity contribution in [3.63, 3.8) is 0 Å². The Balaban J connectivity index is 1.70. The highest BCUT2D eigenvalue weighted by atomic mass is 35.5. The van der Waals surface area contributed by atoms with Crippen LogP contribution in [-0.2, 0) is 14.3 Å². The molecular formula is C22H23ClN2O6. The molecule has 0 spiro atoms. The number of Topliss-reactive ketones (excluding diaryl/α,β-unsaturated/α-hetero) is 1. The number of hydrogen-bond donors (Lipinski definition) is 1. The molecule has 3 heterocycles. The molecule has 4 rings (SSSR count). The molecule has 2 aromatic rings. The largest absolute Gasteiger partial charge is 0.507 e. The van der Waals surface area contributed by atoms with E-state index >= 15 is 0 Å². The summed E-state index contributed by atoms with van der Waals surface area (Å²) in [4.78, 5) is 29.5. The van der Waals surface area contributed by atoms with Gasteiger partial charge >= 0.3 is 0 Å². The summed E-state index contributed by atoms with van der Waals surface area (Å²) in [7, 11) is 1.48. The number of aliphatic hydroxyl groups is 1. The number of furan rings is 1. The molecule has 8 nitrogen and oxygen atoms in total. The Morgan fingerprint density at radius 1 is 1.23 bits per heavy atom. The van der Waals surface area contributed by atoms with Gasteiger partial charge in [-0.3, -0.25) is 14.5 Å². The summed E-state index contributed by atoms with van der Waals surface area (Å²) in [6.07, 6.45) is 1.47. The molecular weight excluding hydrogens is 424 g/mol. The fraction of sp³-hybridized carbons (Fsp3) is 0.364. The van der Waals surface area contributed by atoms with E-state index in [-0.39, 0.29) is 16.4 Å². The first kappa shape index (κ1) is 21.4. The summed E-state index contributed by atoms with van der Waals surface area (Å²) in [6, 6.07) is 7.22. The highest BCUT2D eigenvalue weighted by Gasteiger charge is 2.47. The van der Waals surface area contributed by atoms with Crippen LogP contribution >= 0.6 is 11.6 Å². The zero-order valence-corrected chi connectivity index (χ0v) is 17.8. The minimum absolute atomic E-state index is 0.0249. The second-order valence-corrected chi connectivity index (χ2v) is 7.72. The van der Waals surface area contributed by atoms with Crippen molar-refractivity contribution < 1.29 is 28.6 Å². The molecule has 9 heteroatoms. The highest BCUT2D eigenvalue weighted by molar-refractivity contribution is 6.46. The number of hydrogen-bond acceptors (Lipinski definition) is 7. The van der Waals surface area contributed by atoms with Gasteiger partial charge in [0, 0.05) is 31.7 Å². The van der Waals surface area contributed by atoms with Crippen LogP contribution in [0.25, 0.3) is 5.76 Å². The van der Waals surface area contributed by atoms with Crippen molar-refractivity contribution in [3.8, 4) is 5.75 Å².